The third kappa shape index (κ3) is 1.14. The number of carbonyl (C=O) groups is 2. The number of rotatable bonds is 1. The quantitative estimate of drug-likeness (QED) is 0.647. The second-order valence-corrected chi connectivity index (χ2v) is 2.72. The van der Waals surface area contributed by atoms with Gasteiger partial charge in [-0.25, -0.2) is 9.78 Å². The van der Waals surface area contributed by atoms with E-state index in [-0.39, 0.29) is 17.9 Å². The van der Waals surface area contributed by atoms with E-state index in [4.69, 9.17) is 5.11 Å². The maximum absolute atomic E-state index is 10.9. The summed E-state index contributed by atoms with van der Waals surface area (Å²) in [4.78, 5) is 25.5. The van der Waals surface area contributed by atoms with Gasteiger partial charge in [0, 0.05) is 11.8 Å². The Hall–Kier alpha value is -1.91. The van der Waals surface area contributed by atoms with Crippen LogP contribution in [0.25, 0.3) is 0 Å². The van der Waals surface area contributed by atoms with Gasteiger partial charge in [-0.2, -0.15) is 0 Å². The Labute approximate surface area is 73.4 Å². The second kappa shape index (κ2) is 2.55. The maximum Gasteiger partial charge on any atom is 0.336 e. The average Bonchev–Trinajstić information content (AvgIpc) is 2.43. The van der Waals surface area contributed by atoms with Gasteiger partial charge in [-0.05, 0) is 6.07 Å². The predicted octanol–water partition coefficient (Wildman–Crippen LogP) is 0.274. The van der Waals surface area contributed by atoms with Crippen molar-refractivity contribution in [3.05, 3.63) is 23.4 Å². The highest BCUT2D eigenvalue weighted by atomic mass is 16.4. The molecular weight excluding hydrogens is 172 g/mol. The Morgan fingerprint density at radius 3 is 3.08 bits per heavy atom. The van der Waals surface area contributed by atoms with Crippen molar-refractivity contribution in [3.63, 3.8) is 0 Å². The topological polar surface area (TPSA) is 79.3 Å². The van der Waals surface area contributed by atoms with Crippen LogP contribution >= 0.6 is 0 Å². The van der Waals surface area contributed by atoms with Crippen molar-refractivity contribution >= 4 is 17.7 Å². The maximum atomic E-state index is 10.9. The number of carbonyl (C=O) groups excluding carboxylic acids is 1. The number of amides is 1. The molecule has 5 nitrogen and oxygen atoms in total. The Kier molecular flexibility index (Phi) is 1.51. The van der Waals surface area contributed by atoms with Crippen LogP contribution in [-0.2, 0) is 11.2 Å². The lowest BCUT2D eigenvalue weighted by atomic mass is 10.1. The van der Waals surface area contributed by atoms with Crippen molar-refractivity contribution in [2.75, 3.05) is 5.32 Å². The molecule has 0 unspecified atom stereocenters. The van der Waals surface area contributed by atoms with Crippen LogP contribution in [0.1, 0.15) is 15.9 Å². The van der Waals surface area contributed by atoms with Gasteiger partial charge in [0.25, 0.3) is 0 Å². The van der Waals surface area contributed by atoms with Crippen molar-refractivity contribution in [3.8, 4) is 0 Å². The zero-order valence-electron chi connectivity index (χ0n) is 6.57. The smallest absolute Gasteiger partial charge is 0.336 e. The highest BCUT2D eigenvalue weighted by Gasteiger charge is 2.24. The standard InChI is InChI=1S/C8H6N2O3/c11-6-3-5-4(8(12)13)1-2-9-7(5)10-6/h1-2H,3H2,(H,12,13)(H,9,10,11). The molecule has 0 aliphatic carbocycles. The molecule has 0 bridgehead atoms. The van der Waals surface area contributed by atoms with Gasteiger partial charge >= 0.3 is 5.97 Å². The molecule has 13 heavy (non-hydrogen) atoms. The first-order chi connectivity index (χ1) is 6.18. The summed E-state index contributed by atoms with van der Waals surface area (Å²) in [6, 6.07) is 1.39. The number of aromatic nitrogens is 1. The summed E-state index contributed by atoms with van der Waals surface area (Å²) in [6.07, 6.45) is 1.47. The summed E-state index contributed by atoms with van der Waals surface area (Å²) in [5, 5.41) is 11.2. The Morgan fingerprint density at radius 2 is 2.38 bits per heavy atom. The number of hydrogen-bond donors (Lipinski definition) is 2. The lowest BCUT2D eigenvalue weighted by Crippen LogP contribution is -2.04. The fraction of sp³-hybridized carbons (Fsp3) is 0.125. The number of hydrogen-bond acceptors (Lipinski definition) is 3. The Balaban J connectivity index is 2.57. The monoisotopic (exact) mass is 178 g/mol. The number of nitrogens with one attached hydrogen (secondary N) is 1. The fourth-order valence-corrected chi connectivity index (χ4v) is 1.32. The van der Waals surface area contributed by atoms with Crippen LogP contribution in [0.15, 0.2) is 12.3 Å². The van der Waals surface area contributed by atoms with Gasteiger partial charge in [0.2, 0.25) is 5.91 Å². The molecule has 1 aliphatic rings. The Bertz CT molecular complexity index is 400. The van der Waals surface area contributed by atoms with Crippen LogP contribution in [0.5, 0.6) is 0 Å². The van der Waals surface area contributed by atoms with Crippen molar-refractivity contribution in [2.45, 2.75) is 6.42 Å². The van der Waals surface area contributed by atoms with E-state index in [0.717, 1.165) is 0 Å². The van der Waals surface area contributed by atoms with Gasteiger partial charge in [-0.1, -0.05) is 0 Å². The molecule has 5 heteroatoms. The van der Waals surface area contributed by atoms with Crippen molar-refractivity contribution < 1.29 is 14.7 Å². The largest absolute Gasteiger partial charge is 0.478 e. The minimum absolute atomic E-state index is 0.102. The first kappa shape index (κ1) is 7.72. The van der Waals surface area contributed by atoms with Gasteiger partial charge in [0.1, 0.15) is 5.82 Å². The van der Waals surface area contributed by atoms with E-state index in [1.165, 1.54) is 12.3 Å². The molecule has 2 N–H and O–H groups in total. The molecule has 1 aliphatic heterocycles. The first-order valence-corrected chi connectivity index (χ1v) is 3.69. The van der Waals surface area contributed by atoms with Crippen molar-refractivity contribution in [1.82, 2.24) is 4.98 Å². The molecule has 0 spiro atoms. The van der Waals surface area contributed by atoms with Crippen molar-refractivity contribution in [2.24, 2.45) is 0 Å². The summed E-state index contributed by atoms with van der Waals surface area (Å²) in [7, 11) is 0. The average molecular weight is 178 g/mol. The molecule has 0 saturated heterocycles. The highest BCUT2D eigenvalue weighted by Crippen LogP contribution is 2.23. The van der Waals surface area contributed by atoms with E-state index >= 15 is 0 Å². The molecule has 2 rings (SSSR count). The summed E-state index contributed by atoms with van der Waals surface area (Å²) in [6.45, 7) is 0. The van der Waals surface area contributed by atoms with Gasteiger partial charge in [0.15, 0.2) is 0 Å². The normalized spacial score (nSPS) is 13.7. The first-order valence-electron chi connectivity index (χ1n) is 3.69. The van der Waals surface area contributed by atoms with Crippen LogP contribution in [-0.4, -0.2) is 22.0 Å². The third-order valence-corrected chi connectivity index (χ3v) is 1.88. The van der Waals surface area contributed by atoms with Crippen LogP contribution in [0, 0.1) is 0 Å². The second-order valence-electron chi connectivity index (χ2n) is 2.72. The minimum atomic E-state index is -1.03. The molecule has 2 heterocycles. The lowest BCUT2D eigenvalue weighted by molar-refractivity contribution is -0.115. The number of carboxylic acids is 1. The molecule has 0 radical (unpaired) electrons. The molecule has 0 fully saturated rings. The van der Waals surface area contributed by atoms with E-state index in [1.54, 1.807) is 0 Å². The summed E-state index contributed by atoms with van der Waals surface area (Å²) < 4.78 is 0. The third-order valence-electron chi connectivity index (χ3n) is 1.88. The van der Waals surface area contributed by atoms with Gasteiger partial charge < -0.3 is 10.4 Å². The van der Waals surface area contributed by atoms with Crippen LogP contribution in [0.3, 0.4) is 0 Å². The van der Waals surface area contributed by atoms with E-state index in [0.29, 0.717) is 11.4 Å². The number of anilines is 1. The number of pyridine rings is 1. The van der Waals surface area contributed by atoms with E-state index in [2.05, 4.69) is 10.3 Å². The number of carboxylic acid groups (broad SMARTS) is 1. The van der Waals surface area contributed by atoms with Crippen LogP contribution in [0.4, 0.5) is 5.82 Å². The molecular formula is C8H6N2O3. The summed E-state index contributed by atoms with van der Waals surface area (Å²) in [5.41, 5.74) is 0.614. The molecule has 1 amide bonds. The molecule has 1 aromatic heterocycles. The molecule has 0 aromatic carbocycles. The number of nitrogens with zero attached hydrogens (tertiary/aromatic N) is 1. The zero-order chi connectivity index (χ0) is 9.42. The van der Waals surface area contributed by atoms with Crippen LogP contribution in [0.2, 0.25) is 0 Å². The SMILES string of the molecule is O=C1Cc2c(C(=O)O)ccnc2N1. The Morgan fingerprint density at radius 1 is 1.62 bits per heavy atom. The lowest BCUT2D eigenvalue weighted by Gasteiger charge is -1.99. The molecule has 1 aromatic rings. The zero-order valence-corrected chi connectivity index (χ0v) is 6.57. The number of aromatic carboxylic acids is 1. The van der Waals surface area contributed by atoms with Crippen molar-refractivity contribution in [1.29, 1.82) is 0 Å². The van der Waals surface area contributed by atoms with E-state index < -0.39 is 5.97 Å². The van der Waals surface area contributed by atoms with Gasteiger partial charge in [0.05, 0.1) is 12.0 Å². The molecule has 66 valence electrons. The summed E-state index contributed by atoms with van der Waals surface area (Å²) in [5.74, 6) is -0.878. The van der Waals surface area contributed by atoms with Crippen LogP contribution < -0.4 is 5.32 Å². The van der Waals surface area contributed by atoms with E-state index in [9.17, 15) is 9.59 Å². The van der Waals surface area contributed by atoms with Gasteiger partial charge in [-0.3, -0.25) is 4.79 Å². The predicted molar refractivity (Wildman–Crippen MR) is 43.5 cm³/mol. The molecule has 0 saturated carbocycles. The van der Waals surface area contributed by atoms with Gasteiger partial charge in [-0.15, -0.1) is 0 Å². The molecule has 0 atom stereocenters. The van der Waals surface area contributed by atoms with E-state index in [1.807, 2.05) is 0 Å². The minimum Gasteiger partial charge on any atom is -0.478 e. The highest BCUT2D eigenvalue weighted by molar-refractivity contribution is 6.02. The fourth-order valence-electron chi connectivity index (χ4n) is 1.32. The summed E-state index contributed by atoms with van der Waals surface area (Å²) >= 11 is 0. The number of fused-ring (bicyclic) bond motifs is 1.